The normalized spacial score (nSPS) is 17.0. The maximum absolute atomic E-state index is 12.2. The van der Waals surface area contributed by atoms with E-state index in [9.17, 15) is 4.79 Å². The molecule has 1 amide bonds. The maximum atomic E-state index is 12.2. The number of hydrogen-bond donors (Lipinski definition) is 1. The van der Waals surface area contributed by atoms with E-state index in [4.69, 9.17) is 4.74 Å². The third-order valence-electron chi connectivity index (χ3n) is 4.31. The van der Waals surface area contributed by atoms with E-state index >= 15 is 0 Å². The van der Waals surface area contributed by atoms with E-state index in [1.807, 2.05) is 18.0 Å². The molecule has 0 radical (unpaired) electrons. The lowest BCUT2D eigenvalue weighted by molar-refractivity contribution is -0.132. The van der Waals surface area contributed by atoms with E-state index in [-0.39, 0.29) is 18.3 Å². The SMILES string of the molecule is Cc1cc(C)c(C)c(OCCC(=O)N(C)C2CCNC2)c1.Cl. The fraction of sp³-hybridized carbons (Fsp3) is 0.588. The summed E-state index contributed by atoms with van der Waals surface area (Å²) in [5.41, 5.74) is 3.57. The Morgan fingerprint density at radius 1 is 1.36 bits per heavy atom. The summed E-state index contributed by atoms with van der Waals surface area (Å²) in [5, 5.41) is 3.28. The van der Waals surface area contributed by atoms with Gasteiger partial charge in [-0.1, -0.05) is 6.07 Å². The molecule has 4 nitrogen and oxygen atoms in total. The lowest BCUT2D eigenvalue weighted by atomic mass is 10.1. The first-order valence-corrected chi connectivity index (χ1v) is 7.66. The average molecular weight is 327 g/mol. The summed E-state index contributed by atoms with van der Waals surface area (Å²) in [4.78, 5) is 14.0. The van der Waals surface area contributed by atoms with Gasteiger partial charge in [-0.25, -0.2) is 0 Å². The Balaban J connectivity index is 0.00000242. The number of ether oxygens (including phenoxy) is 1. The van der Waals surface area contributed by atoms with Crippen molar-refractivity contribution in [2.75, 3.05) is 26.7 Å². The number of benzene rings is 1. The van der Waals surface area contributed by atoms with Gasteiger partial charge in [-0.3, -0.25) is 4.79 Å². The first kappa shape index (κ1) is 18.8. The zero-order chi connectivity index (χ0) is 15.4. The van der Waals surface area contributed by atoms with Gasteiger partial charge in [-0.15, -0.1) is 12.4 Å². The summed E-state index contributed by atoms with van der Waals surface area (Å²) in [6.07, 6.45) is 1.47. The highest BCUT2D eigenvalue weighted by Crippen LogP contribution is 2.23. The van der Waals surface area contributed by atoms with E-state index < -0.39 is 0 Å². The molecular weight excluding hydrogens is 300 g/mol. The molecule has 1 aromatic rings. The number of carbonyl (C=O) groups is 1. The summed E-state index contributed by atoms with van der Waals surface area (Å²) < 4.78 is 5.82. The van der Waals surface area contributed by atoms with Crippen LogP contribution in [-0.2, 0) is 4.79 Å². The van der Waals surface area contributed by atoms with Crippen molar-refractivity contribution in [2.45, 2.75) is 39.7 Å². The lowest BCUT2D eigenvalue weighted by Gasteiger charge is -2.24. The molecule has 1 aliphatic heterocycles. The van der Waals surface area contributed by atoms with Gasteiger partial charge in [-0.2, -0.15) is 0 Å². The smallest absolute Gasteiger partial charge is 0.226 e. The zero-order valence-corrected chi connectivity index (χ0v) is 14.8. The van der Waals surface area contributed by atoms with Crippen molar-refractivity contribution in [1.29, 1.82) is 0 Å². The average Bonchev–Trinajstić information content (AvgIpc) is 2.97. The summed E-state index contributed by atoms with van der Waals surface area (Å²) in [6, 6.07) is 4.52. The summed E-state index contributed by atoms with van der Waals surface area (Å²) in [7, 11) is 1.89. The Kier molecular flexibility index (Phi) is 7.17. The molecule has 1 unspecified atom stereocenters. The fourth-order valence-corrected chi connectivity index (χ4v) is 2.75. The molecule has 22 heavy (non-hydrogen) atoms. The van der Waals surface area contributed by atoms with Crippen LogP contribution in [0.2, 0.25) is 0 Å². The second kappa shape index (κ2) is 8.39. The number of hydrogen-bond acceptors (Lipinski definition) is 3. The van der Waals surface area contributed by atoms with Crippen molar-refractivity contribution in [3.8, 4) is 5.75 Å². The van der Waals surface area contributed by atoms with Gasteiger partial charge in [0.05, 0.1) is 13.0 Å². The van der Waals surface area contributed by atoms with E-state index in [0.717, 1.165) is 30.8 Å². The molecule has 1 atom stereocenters. The number of likely N-dealkylation sites (N-methyl/N-ethyl adjacent to an activating group) is 1. The highest BCUT2D eigenvalue weighted by Gasteiger charge is 2.22. The van der Waals surface area contributed by atoms with Crippen molar-refractivity contribution >= 4 is 18.3 Å². The molecule has 0 aromatic heterocycles. The van der Waals surface area contributed by atoms with E-state index in [2.05, 4.69) is 32.2 Å². The first-order chi connectivity index (χ1) is 9.99. The van der Waals surface area contributed by atoms with Crippen molar-refractivity contribution in [2.24, 2.45) is 0 Å². The molecule has 1 heterocycles. The van der Waals surface area contributed by atoms with Gasteiger partial charge in [0.15, 0.2) is 0 Å². The minimum atomic E-state index is 0. The summed E-state index contributed by atoms with van der Waals surface area (Å²) in [5.74, 6) is 1.05. The van der Waals surface area contributed by atoms with Crippen LogP contribution in [0.15, 0.2) is 12.1 Å². The van der Waals surface area contributed by atoms with Crippen LogP contribution in [0.25, 0.3) is 0 Å². The molecule has 0 aliphatic carbocycles. The van der Waals surface area contributed by atoms with Gasteiger partial charge in [0, 0.05) is 19.6 Å². The number of aryl methyl sites for hydroxylation is 2. The Labute approximate surface area is 139 Å². The Morgan fingerprint density at radius 3 is 2.73 bits per heavy atom. The second-order valence-electron chi connectivity index (χ2n) is 5.95. The zero-order valence-electron chi connectivity index (χ0n) is 13.9. The molecule has 1 aromatic carbocycles. The molecule has 5 heteroatoms. The van der Waals surface area contributed by atoms with Crippen LogP contribution in [0, 0.1) is 20.8 Å². The van der Waals surface area contributed by atoms with Crippen LogP contribution in [0.4, 0.5) is 0 Å². The molecule has 0 spiro atoms. The lowest BCUT2D eigenvalue weighted by Crippen LogP contribution is -2.38. The van der Waals surface area contributed by atoms with Gasteiger partial charge < -0.3 is 15.0 Å². The number of nitrogens with one attached hydrogen (secondary N) is 1. The van der Waals surface area contributed by atoms with Gasteiger partial charge in [0.1, 0.15) is 5.75 Å². The Hall–Kier alpha value is -1.26. The first-order valence-electron chi connectivity index (χ1n) is 7.66. The van der Waals surface area contributed by atoms with Crippen LogP contribution in [0.5, 0.6) is 5.75 Å². The summed E-state index contributed by atoms with van der Waals surface area (Å²) >= 11 is 0. The van der Waals surface area contributed by atoms with Crippen molar-refractivity contribution in [3.05, 3.63) is 28.8 Å². The Morgan fingerprint density at radius 2 is 2.09 bits per heavy atom. The van der Waals surface area contributed by atoms with Crippen molar-refractivity contribution in [3.63, 3.8) is 0 Å². The minimum absolute atomic E-state index is 0. The number of amides is 1. The van der Waals surface area contributed by atoms with Crippen LogP contribution in [-0.4, -0.2) is 43.6 Å². The topological polar surface area (TPSA) is 41.6 Å². The Bertz CT molecular complexity index is 514. The maximum Gasteiger partial charge on any atom is 0.226 e. The van der Waals surface area contributed by atoms with Gasteiger partial charge in [-0.05, 0) is 56.5 Å². The highest BCUT2D eigenvalue weighted by atomic mass is 35.5. The molecule has 1 aliphatic rings. The third kappa shape index (κ3) is 4.62. The third-order valence-corrected chi connectivity index (χ3v) is 4.31. The molecule has 1 fully saturated rings. The largest absolute Gasteiger partial charge is 0.493 e. The van der Waals surface area contributed by atoms with Crippen LogP contribution < -0.4 is 10.1 Å². The van der Waals surface area contributed by atoms with Crippen molar-refractivity contribution in [1.82, 2.24) is 10.2 Å². The monoisotopic (exact) mass is 326 g/mol. The number of nitrogens with zero attached hydrogens (tertiary/aromatic N) is 1. The molecule has 1 saturated heterocycles. The molecular formula is C17H27ClN2O2. The van der Waals surface area contributed by atoms with E-state index in [1.165, 1.54) is 11.1 Å². The van der Waals surface area contributed by atoms with Crippen LogP contribution >= 0.6 is 12.4 Å². The number of rotatable bonds is 5. The standard InChI is InChI=1S/C17H26N2O2.ClH/c1-12-9-13(2)14(3)16(10-12)21-8-6-17(20)19(4)15-5-7-18-11-15;/h9-10,15,18H,5-8,11H2,1-4H3;1H. The fourth-order valence-electron chi connectivity index (χ4n) is 2.75. The van der Waals surface area contributed by atoms with Crippen LogP contribution in [0.3, 0.4) is 0 Å². The van der Waals surface area contributed by atoms with Crippen LogP contribution in [0.1, 0.15) is 29.5 Å². The predicted octanol–water partition coefficient (Wildman–Crippen LogP) is 2.62. The number of halogens is 1. The van der Waals surface area contributed by atoms with E-state index in [0.29, 0.717) is 19.1 Å². The number of carbonyl (C=O) groups excluding carboxylic acids is 1. The highest BCUT2D eigenvalue weighted by molar-refractivity contribution is 5.85. The van der Waals surface area contributed by atoms with Gasteiger partial charge >= 0.3 is 0 Å². The van der Waals surface area contributed by atoms with Gasteiger partial charge in [0.2, 0.25) is 5.91 Å². The molecule has 2 rings (SSSR count). The summed E-state index contributed by atoms with van der Waals surface area (Å²) in [6.45, 7) is 8.54. The minimum Gasteiger partial charge on any atom is -0.493 e. The quantitative estimate of drug-likeness (QED) is 0.904. The predicted molar refractivity (Wildman–Crippen MR) is 92.1 cm³/mol. The molecule has 0 bridgehead atoms. The molecule has 0 saturated carbocycles. The van der Waals surface area contributed by atoms with Crippen molar-refractivity contribution < 1.29 is 9.53 Å². The molecule has 1 N–H and O–H groups in total. The second-order valence-corrected chi connectivity index (χ2v) is 5.95. The van der Waals surface area contributed by atoms with E-state index in [1.54, 1.807) is 0 Å². The van der Waals surface area contributed by atoms with Gasteiger partial charge in [0.25, 0.3) is 0 Å². The molecule has 124 valence electrons.